The van der Waals surface area contributed by atoms with Crippen molar-refractivity contribution in [1.82, 2.24) is 19.5 Å². The molecular weight excluding hydrogens is 317 g/mol. The molecule has 25 heavy (non-hydrogen) atoms. The van der Waals surface area contributed by atoms with Crippen LogP contribution in [0.4, 0.5) is 10.2 Å². The van der Waals surface area contributed by atoms with Crippen molar-refractivity contribution in [2.45, 2.75) is 20.8 Å². The Hall–Kier alpha value is -2.47. The molecular formula is C19H24FN5. The smallest absolute Gasteiger partial charge is 0.165 e. The number of nitrogens with one attached hydrogen (secondary N) is 1. The van der Waals surface area contributed by atoms with Crippen molar-refractivity contribution < 1.29 is 4.39 Å². The van der Waals surface area contributed by atoms with Gasteiger partial charge in [-0.15, -0.1) is 0 Å². The van der Waals surface area contributed by atoms with Crippen LogP contribution >= 0.6 is 0 Å². The predicted octanol–water partition coefficient (Wildman–Crippen LogP) is 3.60. The molecule has 6 heteroatoms. The maximum Gasteiger partial charge on any atom is 0.165 e. The first-order valence-corrected chi connectivity index (χ1v) is 8.70. The van der Waals surface area contributed by atoms with E-state index in [2.05, 4.69) is 34.1 Å². The highest BCUT2D eigenvalue weighted by Gasteiger charge is 2.12. The van der Waals surface area contributed by atoms with Crippen LogP contribution < -0.4 is 5.32 Å². The number of likely N-dealkylation sites (N-methyl/N-ethyl adjacent to an activating group) is 1. The fraction of sp³-hybridized carbons (Fsp3) is 0.368. The summed E-state index contributed by atoms with van der Waals surface area (Å²) in [6, 6.07) is 8.42. The highest BCUT2D eigenvalue weighted by Crippen LogP contribution is 2.25. The van der Waals surface area contributed by atoms with E-state index in [1.807, 2.05) is 17.5 Å². The van der Waals surface area contributed by atoms with E-state index in [1.54, 1.807) is 18.3 Å². The molecule has 0 atom stereocenters. The van der Waals surface area contributed by atoms with Crippen LogP contribution in [0.5, 0.6) is 0 Å². The van der Waals surface area contributed by atoms with Gasteiger partial charge in [0.2, 0.25) is 0 Å². The lowest BCUT2D eigenvalue weighted by Crippen LogP contribution is -2.29. The van der Waals surface area contributed by atoms with E-state index in [-0.39, 0.29) is 5.82 Å². The third-order valence-electron chi connectivity index (χ3n) is 4.38. The maximum atomic E-state index is 13.2. The van der Waals surface area contributed by atoms with Crippen LogP contribution in [0.15, 0.2) is 36.5 Å². The monoisotopic (exact) mass is 341 g/mol. The first-order chi connectivity index (χ1) is 12.1. The normalized spacial score (nSPS) is 11.4. The summed E-state index contributed by atoms with van der Waals surface area (Å²) in [6.45, 7) is 10.2. The van der Waals surface area contributed by atoms with Gasteiger partial charge in [-0.2, -0.15) is 9.61 Å². The molecule has 1 N–H and O–H groups in total. The van der Waals surface area contributed by atoms with Gasteiger partial charge in [-0.25, -0.2) is 9.37 Å². The lowest BCUT2D eigenvalue weighted by atomic mass is 10.1. The van der Waals surface area contributed by atoms with Crippen LogP contribution in [0.2, 0.25) is 0 Å². The van der Waals surface area contributed by atoms with Crippen LogP contribution in [0.25, 0.3) is 16.8 Å². The van der Waals surface area contributed by atoms with Gasteiger partial charge in [-0.1, -0.05) is 26.0 Å². The van der Waals surface area contributed by atoms with Crippen molar-refractivity contribution in [3.8, 4) is 11.1 Å². The van der Waals surface area contributed by atoms with E-state index < -0.39 is 0 Å². The number of aromatic nitrogens is 3. The second-order valence-electron chi connectivity index (χ2n) is 6.04. The van der Waals surface area contributed by atoms with Crippen LogP contribution in [0.3, 0.4) is 0 Å². The zero-order valence-electron chi connectivity index (χ0n) is 15.0. The molecule has 0 aliphatic rings. The Kier molecular flexibility index (Phi) is 5.28. The highest BCUT2D eigenvalue weighted by atomic mass is 19.1. The zero-order chi connectivity index (χ0) is 17.8. The Morgan fingerprint density at radius 1 is 1.16 bits per heavy atom. The predicted molar refractivity (Wildman–Crippen MR) is 99.4 cm³/mol. The topological polar surface area (TPSA) is 45.5 Å². The molecule has 0 bridgehead atoms. The van der Waals surface area contributed by atoms with E-state index in [0.29, 0.717) is 0 Å². The van der Waals surface area contributed by atoms with Crippen LogP contribution in [-0.4, -0.2) is 45.7 Å². The first-order valence-electron chi connectivity index (χ1n) is 8.70. The average Bonchev–Trinajstić information content (AvgIpc) is 3.03. The number of fused-ring (bicyclic) bond motifs is 1. The van der Waals surface area contributed by atoms with Crippen LogP contribution in [0.1, 0.15) is 19.5 Å². The number of nitrogens with zero attached hydrogens (tertiary/aromatic N) is 4. The molecule has 2 aromatic heterocycles. The Balaban J connectivity index is 1.89. The van der Waals surface area contributed by atoms with Crippen molar-refractivity contribution in [1.29, 1.82) is 0 Å². The Bertz CT molecular complexity index is 837. The summed E-state index contributed by atoms with van der Waals surface area (Å²) in [4.78, 5) is 6.99. The number of hydrogen-bond acceptors (Lipinski definition) is 4. The minimum Gasteiger partial charge on any atom is -0.369 e. The third kappa shape index (κ3) is 3.79. The second-order valence-corrected chi connectivity index (χ2v) is 6.04. The molecule has 0 radical (unpaired) electrons. The SMILES string of the molecule is CCN(CC)CCNc1cc(C)nc2c(-c3ccc(F)cc3)cnn12. The molecule has 0 unspecified atom stereocenters. The molecule has 0 aliphatic carbocycles. The molecule has 0 saturated carbocycles. The molecule has 0 aliphatic heterocycles. The summed E-state index contributed by atoms with van der Waals surface area (Å²) >= 11 is 0. The summed E-state index contributed by atoms with van der Waals surface area (Å²) in [5.74, 6) is 0.672. The minimum absolute atomic E-state index is 0.247. The van der Waals surface area contributed by atoms with E-state index in [4.69, 9.17) is 0 Å². The molecule has 0 saturated heterocycles. The number of hydrogen-bond donors (Lipinski definition) is 1. The quantitative estimate of drug-likeness (QED) is 0.713. The second kappa shape index (κ2) is 7.61. The largest absolute Gasteiger partial charge is 0.369 e. The first kappa shape index (κ1) is 17.4. The fourth-order valence-electron chi connectivity index (χ4n) is 2.93. The number of aryl methyl sites for hydroxylation is 1. The van der Waals surface area contributed by atoms with Gasteiger partial charge in [0.1, 0.15) is 11.6 Å². The Labute approximate surface area is 147 Å². The highest BCUT2D eigenvalue weighted by molar-refractivity contribution is 5.78. The summed E-state index contributed by atoms with van der Waals surface area (Å²) in [6.07, 6.45) is 1.78. The number of benzene rings is 1. The van der Waals surface area contributed by atoms with Crippen molar-refractivity contribution in [3.63, 3.8) is 0 Å². The summed E-state index contributed by atoms with van der Waals surface area (Å²) < 4.78 is 15.0. The zero-order valence-corrected chi connectivity index (χ0v) is 15.0. The van der Waals surface area contributed by atoms with E-state index >= 15 is 0 Å². The maximum absolute atomic E-state index is 13.2. The molecule has 0 spiro atoms. The van der Waals surface area contributed by atoms with Gasteiger partial charge in [-0.05, 0) is 37.7 Å². The number of halogens is 1. The molecule has 5 nitrogen and oxygen atoms in total. The van der Waals surface area contributed by atoms with Crippen molar-refractivity contribution >= 4 is 11.5 Å². The Morgan fingerprint density at radius 3 is 2.56 bits per heavy atom. The molecule has 3 aromatic rings. The van der Waals surface area contributed by atoms with Gasteiger partial charge in [-0.3, -0.25) is 0 Å². The fourth-order valence-corrected chi connectivity index (χ4v) is 2.93. The molecule has 2 heterocycles. The summed E-state index contributed by atoms with van der Waals surface area (Å²) in [5.41, 5.74) is 3.50. The molecule has 0 fully saturated rings. The summed E-state index contributed by atoms with van der Waals surface area (Å²) in [5, 5.41) is 7.94. The standard InChI is InChI=1S/C19H24FN5/c1-4-24(5-2)11-10-21-18-12-14(3)23-19-17(13-22-25(18)19)15-6-8-16(20)9-7-15/h6-9,12-13,21H,4-5,10-11H2,1-3H3. The van der Waals surface area contributed by atoms with Crippen molar-refractivity contribution in [3.05, 3.63) is 48.0 Å². The number of rotatable bonds is 7. The van der Waals surface area contributed by atoms with Gasteiger partial charge in [0, 0.05) is 30.4 Å². The van der Waals surface area contributed by atoms with Gasteiger partial charge >= 0.3 is 0 Å². The number of anilines is 1. The molecule has 132 valence electrons. The van der Waals surface area contributed by atoms with Gasteiger partial charge in [0.25, 0.3) is 0 Å². The third-order valence-corrected chi connectivity index (χ3v) is 4.38. The lowest BCUT2D eigenvalue weighted by Gasteiger charge is -2.18. The van der Waals surface area contributed by atoms with E-state index in [1.165, 1.54) is 12.1 Å². The van der Waals surface area contributed by atoms with Crippen molar-refractivity contribution in [2.24, 2.45) is 0 Å². The minimum atomic E-state index is -0.247. The lowest BCUT2D eigenvalue weighted by molar-refractivity contribution is 0.316. The average molecular weight is 341 g/mol. The van der Waals surface area contributed by atoms with Gasteiger partial charge in [0.05, 0.1) is 6.20 Å². The van der Waals surface area contributed by atoms with E-state index in [9.17, 15) is 4.39 Å². The Morgan fingerprint density at radius 2 is 1.88 bits per heavy atom. The van der Waals surface area contributed by atoms with Gasteiger partial charge < -0.3 is 10.2 Å². The molecule has 1 aromatic carbocycles. The van der Waals surface area contributed by atoms with E-state index in [0.717, 1.165) is 54.5 Å². The van der Waals surface area contributed by atoms with Crippen LogP contribution in [0, 0.1) is 12.7 Å². The van der Waals surface area contributed by atoms with Gasteiger partial charge in [0.15, 0.2) is 5.65 Å². The molecule has 0 amide bonds. The molecule has 3 rings (SSSR count). The van der Waals surface area contributed by atoms with Crippen LogP contribution in [-0.2, 0) is 0 Å². The summed E-state index contributed by atoms with van der Waals surface area (Å²) in [7, 11) is 0. The van der Waals surface area contributed by atoms with Crippen molar-refractivity contribution in [2.75, 3.05) is 31.5 Å².